The second-order valence-corrected chi connectivity index (χ2v) is 3.84. The van der Waals surface area contributed by atoms with Crippen LogP contribution in [0.5, 0.6) is 0 Å². The Kier molecular flexibility index (Phi) is 3.12. The minimum atomic E-state index is -4.53. The predicted molar refractivity (Wildman–Crippen MR) is 58.2 cm³/mol. The van der Waals surface area contributed by atoms with Crippen LogP contribution >= 0.6 is 0 Å². The SMILES string of the molecule is NCCCc1cc(=O)n2[nH]c(C(F)(F)F)cc2n1. The maximum Gasteiger partial charge on any atom is 0.432 e. The third-order valence-corrected chi connectivity index (χ3v) is 2.45. The van der Waals surface area contributed by atoms with Crippen LogP contribution in [0.4, 0.5) is 13.2 Å². The maximum absolute atomic E-state index is 12.5. The first-order valence-corrected chi connectivity index (χ1v) is 5.31. The Morgan fingerprint density at radius 2 is 2.11 bits per heavy atom. The van der Waals surface area contributed by atoms with Gasteiger partial charge in [0.2, 0.25) is 0 Å². The van der Waals surface area contributed by atoms with Gasteiger partial charge in [0.15, 0.2) is 5.65 Å². The molecule has 18 heavy (non-hydrogen) atoms. The molecule has 2 aromatic heterocycles. The molecule has 0 radical (unpaired) electrons. The number of nitrogens with two attached hydrogens (primary N) is 1. The van der Waals surface area contributed by atoms with Crippen molar-refractivity contribution >= 4 is 5.65 Å². The lowest BCUT2D eigenvalue weighted by Gasteiger charge is -2.00. The van der Waals surface area contributed by atoms with E-state index in [0.29, 0.717) is 25.1 Å². The standard InChI is InChI=1S/C10H11F3N4O/c11-10(12,13)7-5-8-15-6(2-1-3-14)4-9(18)17(8)16-7/h4-5,16H,1-3,14H2. The molecule has 98 valence electrons. The van der Waals surface area contributed by atoms with Crippen molar-refractivity contribution in [1.82, 2.24) is 14.6 Å². The Bertz CT molecular complexity index is 614. The highest BCUT2D eigenvalue weighted by molar-refractivity contribution is 5.40. The van der Waals surface area contributed by atoms with Crippen LogP contribution < -0.4 is 11.3 Å². The zero-order chi connectivity index (χ0) is 13.3. The molecule has 0 saturated heterocycles. The summed E-state index contributed by atoms with van der Waals surface area (Å²) in [6, 6.07) is 2.02. The first-order valence-electron chi connectivity index (χ1n) is 5.31. The van der Waals surface area contributed by atoms with E-state index in [4.69, 9.17) is 5.73 Å². The molecule has 0 saturated carbocycles. The van der Waals surface area contributed by atoms with Gasteiger partial charge in [-0.1, -0.05) is 0 Å². The van der Waals surface area contributed by atoms with Gasteiger partial charge in [-0.25, -0.2) is 9.50 Å². The normalized spacial score (nSPS) is 12.2. The monoisotopic (exact) mass is 260 g/mol. The lowest BCUT2D eigenvalue weighted by molar-refractivity contribution is -0.141. The molecular weight excluding hydrogens is 249 g/mol. The number of rotatable bonds is 3. The van der Waals surface area contributed by atoms with Gasteiger partial charge < -0.3 is 5.73 Å². The van der Waals surface area contributed by atoms with Crippen LogP contribution in [0.3, 0.4) is 0 Å². The van der Waals surface area contributed by atoms with E-state index in [0.717, 1.165) is 10.6 Å². The van der Waals surface area contributed by atoms with Crippen LogP contribution in [0.1, 0.15) is 17.8 Å². The number of aryl methyl sites for hydroxylation is 1. The molecule has 0 amide bonds. The van der Waals surface area contributed by atoms with Crippen LogP contribution in [0.15, 0.2) is 16.9 Å². The zero-order valence-corrected chi connectivity index (χ0v) is 9.29. The number of H-pyrrole nitrogens is 1. The quantitative estimate of drug-likeness (QED) is 0.862. The average molecular weight is 260 g/mol. The number of halogens is 3. The van der Waals surface area contributed by atoms with Gasteiger partial charge in [-0.3, -0.25) is 9.89 Å². The second-order valence-electron chi connectivity index (χ2n) is 3.84. The first kappa shape index (κ1) is 12.6. The number of hydrogen-bond donors (Lipinski definition) is 2. The number of nitrogens with zero attached hydrogens (tertiary/aromatic N) is 2. The number of alkyl halides is 3. The molecule has 0 aliphatic heterocycles. The molecule has 3 N–H and O–H groups in total. The van der Waals surface area contributed by atoms with Crippen molar-refractivity contribution in [2.24, 2.45) is 5.73 Å². The topological polar surface area (TPSA) is 76.2 Å². The van der Waals surface area contributed by atoms with Crippen LogP contribution in [0.25, 0.3) is 5.65 Å². The number of aromatic amines is 1. The maximum atomic E-state index is 12.5. The van der Waals surface area contributed by atoms with Crippen LogP contribution in [0.2, 0.25) is 0 Å². The molecule has 0 aromatic carbocycles. The third kappa shape index (κ3) is 2.37. The van der Waals surface area contributed by atoms with E-state index >= 15 is 0 Å². The van der Waals surface area contributed by atoms with E-state index in [-0.39, 0.29) is 5.65 Å². The summed E-state index contributed by atoms with van der Waals surface area (Å²) in [6.07, 6.45) is -3.44. The summed E-state index contributed by atoms with van der Waals surface area (Å²) in [6.45, 7) is 0.433. The molecule has 0 bridgehead atoms. The lowest BCUT2D eigenvalue weighted by atomic mass is 10.2. The van der Waals surface area contributed by atoms with Crippen LogP contribution in [0, 0.1) is 0 Å². The minimum absolute atomic E-state index is 0.0400. The summed E-state index contributed by atoms with van der Waals surface area (Å²) in [5, 5.41) is 1.98. The zero-order valence-electron chi connectivity index (χ0n) is 9.29. The fourth-order valence-electron chi connectivity index (χ4n) is 1.60. The van der Waals surface area contributed by atoms with Crippen LogP contribution in [-0.4, -0.2) is 21.1 Å². The highest BCUT2D eigenvalue weighted by Gasteiger charge is 2.33. The lowest BCUT2D eigenvalue weighted by Crippen LogP contribution is -2.17. The van der Waals surface area contributed by atoms with Crippen molar-refractivity contribution in [3.05, 3.63) is 33.9 Å². The Balaban J connectivity index is 2.49. The van der Waals surface area contributed by atoms with Gasteiger partial charge in [0.05, 0.1) is 0 Å². The molecule has 0 spiro atoms. The van der Waals surface area contributed by atoms with Crippen molar-refractivity contribution in [3.8, 4) is 0 Å². The summed E-state index contributed by atoms with van der Waals surface area (Å²) >= 11 is 0. The summed E-state index contributed by atoms with van der Waals surface area (Å²) in [5.41, 5.74) is 4.16. The molecular formula is C10H11F3N4O. The van der Waals surface area contributed by atoms with Crippen molar-refractivity contribution in [3.63, 3.8) is 0 Å². The Hall–Kier alpha value is -1.83. The van der Waals surface area contributed by atoms with Gasteiger partial charge in [-0.15, -0.1) is 0 Å². The molecule has 2 heterocycles. The van der Waals surface area contributed by atoms with Gasteiger partial charge in [0, 0.05) is 17.8 Å². The molecule has 2 aromatic rings. The second kappa shape index (κ2) is 4.45. The summed E-state index contributed by atoms with van der Waals surface area (Å²) in [5.74, 6) is 0. The number of nitrogens with one attached hydrogen (secondary N) is 1. The molecule has 5 nitrogen and oxygen atoms in total. The average Bonchev–Trinajstić information content (AvgIpc) is 2.70. The Morgan fingerprint density at radius 3 is 2.72 bits per heavy atom. The summed E-state index contributed by atoms with van der Waals surface area (Å²) in [7, 11) is 0. The van der Waals surface area contributed by atoms with Crippen molar-refractivity contribution in [1.29, 1.82) is 0 Å². The van der Waals surface area contributed by atoms with E-state index in [1.54, 1.807) is 0 Å². The van der Waals surface area contributed by atoms with Gasteiger partial charge in [-0.05, 0) is 19.4 Å². The number of hydrogen-bond acceptors (Lipinski definition) is 3. The van der Waals surface area contributed by atoms with Crippen molar-refractivity contribution < 1.29 is 13.2 Å². The summed E-state index contributed by atoms with van der Waals surface area (Å²) in [4.78, 5) is 15.6. The molecule has 2 rings (SSSR count). The third-order valence-electron chi connectivity index (χ3n) is 2.45. The number of fused-ring (bicyclic) bond motifs is 1. The fourth-order valence-corrected chi connectivity index (χ4v) is 1.60. The molecule has 0 fully saturated rings. The minimum Gasteiger partial charge on any atom is -0.330 e. The van der Waals surface area contributed by atoms with E-state index in [1.165, 1.54) is 6.07 Å². The molecule has 0 aliphatic carbocycles. The van der Waals surface area contributed by atoms with Crippen molar-refractivity contribution in [2.75, 3.05) is 6.54 Å². The summed E-state index contributed by atoms with van der Waals surface area (Å²) < 4.78 is 38.2. The molecule has 0 aliphatic rings. The largest absolute Gasteiger partial charge is 0.432 e. The predicted octanol–water partition coefficient (Wildman–Crippen LogP) is 0.933. The van der Waals surface area contributed by atoms with Crippen molar-refractivity contribution in [2.45, 2.75) is 19.0 Å². The highest BCUT2D eigenvalue weighted by Crippen LogP contribution is 2.27. The first-order chi connectivity index (χ1) is 8.41. The van der Waals surface area contributed by atoms with E-state index < -0.39 is 17.4 Å². The van der Waals surface area contributed by atoms with E-state index in [9.17, 15) is 18.0 Å². The smallest absolute Gasteiger partial charge is 0.330 e. The van der Waals surface area contributed by atoms with Gasteiger partial charge >= 0.3 is 6.18 Å². The highest BCUT2D eigenvalue weighted by atomic mass is 19.4. The fraction of sp³-hybridized carbons (Fsp3) is 0.400. The Labute approximate surface area is 99.4 Å². The van der Waals surface area contributed by atoms with Crippen LogP contribution in [-0.2, 0) is 12.6 Å². The molecule has 0 atom stereocenters. The number of aromatic nitrogens is 3. The van der Waals surface area contributed by atoms with Gasteiger partial charge in [-0.2, -0.15) is 13.2 Å². The van der Waals surface area contributed by atoms with Gasteiger partial charge in [0.25, 0.3) is 5.56 Å². The van der Waals surface area contributed by atoms with Gasteiger partial charge in [0.1, 0.15) is 5.69 Å². The Morgan fingerprint density at radius 1 is 1.39 bits per heavy atom. The molecule has 8 heteroatoms. The molecule has 0 unspecified atom stereocenters. The van der Waals surface area contributed by atoms with E-state index in [2.05, 4.69) is 4.98 Å². The van der Waals surface area contributed by atoms with E-state index in [1.807, 2.05) is 5.10 Å².